The number of benzene rings is 2. The third-order valence-electron chi connectivity index (χ3n) is 5.76. The maximum atomic E-state index is 13.3. The summed E-state index contributed by atoms with van der Waals surface area (Å²) in [5.41, 5.74) is 7.03. The van der Waals surface area contributed by atoms with Crippen molar-refractivity contribution in [2.75, 3.05) is 7.11 Å². The zero-order chi connectivity index (χ0) is 17.0. The second-order valence-corrected chi connectivity index (χ2v) is 7.84. The summed E-state index contributed by atoms with van der Waals surface area (Å²) in [7, 11) is 1.77. The number of ketones is 1. The van der Waals surface area contributed by atoms with Gasteiger partial charge in [-0.05, 0) is 54.5 Å². The number of aryl methyl sites for hydroxylation is 1. The van der Waals surface area contributed by atoms with Crippen LogP contribution in [-0.4, -0.2) is 19.0 Å². The first-order valence-electron chi connectivity index (χ1n) is 8.46. The molecule has 24 heavy (non-hydrogen) atoms. The van der Waals surface area contributed by atoms with E-state index in [1.165, 1.54) is 22.3 Å². The summed E-state index contributed by atoms with van der Waals surface area (Å²) in [6.45, 7) is 4.14. The topological polar surface area (TPSA) is 26.3 Å². The highest BCUT2D eigenvalue weighted by atomic mass is 79.9. The van der Waals surface area contributed by atoms with Crippen molar-refractivity contribution in [1.82, 2.24) is 0 Å². The van der Waals surface area contributed by atoms with Crippen LogP contribution >= 0.6 is 15.9 Å². The molecule has 0 aromatic heterocycles. The standard InChI is InChI=1S/C21H21BrO2/c1-11-8-14-9-16(21(23)18(14)12(2)20(11)22)19-15-7-5-4-6-13(15)10-17(19)24-3/h4-8,16-17,19H,9-10H2,1-3H3. The molecular weight excluding hydrogens is 364 g/mol. The molecule has 0 heterocycles. The average Bonchev–Trinajstić information content (AvgIpc) is 3.10. The summed E-state index contributed by atoms with van der Waals surface area (Å²) >= 11 is 3.64. The fourth-order valence-electron chi connectivity index (χ4n) is 4.65. The number of rotatable bonds is 2. The first-order valence-corrected chi connectivity index (χ1v) is 9.25. The molecule has 0 N–H and O–H groups in total. The minimum Gasteiger partial charge on any atom is -0.380 e. The van der Waals surface area contributed by atoms with E-state index in [1.54, 1.807) is 7.11 Å². The molecular formula is C21H21BrO2. The van der Waals surface area contributed by atoms with Gasteiger partial charge in [-0.3, -0.25) is 4.79 Å². The van der Waals surface area contributed by atoms with Crippen LogP contribution in [0.5, 0.6) is 0 Å². The van der Waals surface area contributed by atoms with Crippen LogP contribution in [0.4, 0.5) is 0 Å². The van der Waals surface area contributed by atoms with E-state index in [2.05, 4.69) is 53.2 Å². The molecule has 0 fully saturated rings. The first-order chi connectivity index (χ1) is 11.5. The van der Waals surface area contributed by atoms with Crippen molar-refractivity contribution < 1.29 is 9.53 Å². The van der Waals surface area contributed by atoms with Gasteiger partial charge in [-0.15, -0.1) is 0 Å². The molecule has 0 saturated heterocycles. The van der Waals surface area contributed by atoms with Crippen LogP contribution in [0.15, 0.2) is 34.8 Å². The molecule has 2 aromatic rings. The molecule has 0 radical (unpaired) electrons. The van der Waals surface area contributed by atoms with E-state index in [4.69, 9.17) is 4.74 Å². The van der Waals surface area contributed by atoms with E-state index in [1.807, 2.05) is 6.92 Å². The summed E-state index contributed by atoms with van der Waals surface area (Å²) in [6, 6.07) is 10.7. The summed E-state index contributed by atoms with van der Waals surface area (Å²) in [6.07, 6.45) is 1.82. The minimum atomic E-state index is -0.0130. The first kappa shape index (κ1) is 16.0. The average molecular weight is 385 g/mol. The lowest BCUT2D eigenvalue weighted by atomic mass is 9.83. The maximum absolute atomic E-state index is 13.3. The molecule has 2 nitrogen and oxygen atoms in total. The molecule has 4 rings (SSSR count). The second-order valence-electron chi connectivity index (χ2n) is 7.04. The quantitative estimate of drug-likeness (QED) is 0.744. The van der Waals surface area contributed by atoms with Crippen molar-refractivity contribution in [2.24, 2.45) is 5.92 Å². The Kier molecular flexibility index (Phi) is 3.89. The van der Waals surface area contributed by atoms with Crippen molar-refractivity contribution in [3.63, 3.8) is 0 Å². The van der Waals surface area contributed by atoms with Gasteiger partial charge < -0.3 is 4.74 Å². The molecule has 2 aliphatic rings. The predicted molar refractivity (Wildman–Crippen MR) is 98.8 cm³/mol. The monoisotopic (exact) mass is 384 g/mol. The van der Waals surface area contributed by atoms with Crippen LogP contribution < -0.4 is 0 Å². The van der Waals surface area contributed by atoms with E-state index in [9.17, 15) is 4.79 Å². The number of methoxy groups -OCH3 is 1. The third kappa shape index (κ3) is 2.21. The van der Waals surface area contributed by atoms with Gasteiger partial charge in [-0.1, -0.05) is 46.3 Å². The number of carbonyl (C=O) groups is 1. The number of hydrogen-bond acceptors (Lipinski definition) is 2. The van der Waals surface area contributed by atoms with Crippen LogP contribution in [0.1, 0.15) is 44.1 Å². The van der Waals surface area contributed by atoms with Crippen molar-refractivity contribution >= 4 is 21.7 Å². The summed E-state index contributed by atoms with van der Waals surface area (Å²) in [5, 5.41) is 0. The SMILES string of the molecule is COC1Cc2ccccc2C1C1Cc2cc(C)c(Br)c(C)c2C1=O. The molecule has 0 saturated carbocycles. The Bertz CT molecular complexity index is 840. The van der Waals surface area contributed by atoms with Crippen LogP contribution in [0, 0.1) is 19.8 Å². The summed E-state index contributed by atoms with van der Waals surface area (Å²) in [5.74, 6) is 0.428. The summed E-state index contributed by atoms with van der Waals surface area (Å²) < 4.78 is 6.84. The predicted octanol–water partition coefficient (Wildman–Crippen LogP) is 4.78. The highest BCUT2D eigenvalue weighted by molar-refractivity contribution is 9.10. The zero-order valence-electron chi connectivity index (χ0n) is 14.2. The number of ether oxygens (including phenoxy) is 1. The van der Waals surface area contributed by atoms with Gasteiger partial charge in [0.1, 0.15) is 0 Å². The van der Waals surface area contributed by atoms with E-state index in [0.29, 0.717) is 0 Å². The summed E-state index contributed by atoms with van der Waals surface area (Å²) in [4.78, 5) is 13.3. The van der Waals surface area contributed by atoms with Crippen molar-refractivity contribution in [1.29, 1.82) is 0 Å². The lowest BCUT2D eigenvalue weighted by molar-refractivity contribution is 0.0621. The van der Waals surface area contributed by atoms with Crippen LogP contribution in [0.25, 0.3) is 0 Å². The Balaban J connectivity index is 1.79. The Labute approximate surface area is 151 Å². The van der Waals surface area contributed by atoms with Crippen molar-refractivity contribution in [2.45, 2.75) is 38.7 Å². The number of carbonyl (C=O) groups excluding carboxylic acids is 1. The van der Waals surface area contributed by atoms with E-state index < -0.39 is 0 Å². The van der Waals surface area contributed by atoms with Crippen LogP contribution in [0.3, 0.4) is 0 Å². The van der Waals surface area contributed by atoms with Gasteiger partial charge in [0.05, 0.1) is 6.10 Å². The molecule has 3 atom stereocenters. The normalized spacial score (nSPS) is 25.0. The molecule has 0 aliphatic heterocycles. The molecule has 124 valence electrons. The number of fused-ring (bicyclic) bond motifs is 2. The minimum absolute atomic E-state index is 0.0130. The molecule has 3 unspecified atom stereocenters. The molecule has 3 heteroatoms. The fourth-order valence-corrected chi connectivity index (χ4v) is 4.96. The van der Waals surface area contributed by atoms with Gasteiger partial charge in [0.2, 0.25) is 0 Å². The number of hydrogen-bond donors (Lipinski definition) is 0. The molecule has 0 bridgehead atoms. The molecule has 2 aromatic carbocycles. The molecule has 0 spiro atoms. The Morgan fingerprint density at radius 3 is 2.62 bits per heavy atom. The van der Waals surface area contributed by atoms with Gasteiger partial charge in [0.15, 0.2) is 5.78 Å². The van der Waals surface area contributed by atoms with Crippen molar-refractivity contribution in [3.05, 3.63) is 68.2 Å². The lowest BCUT2D eigenvalue weighted by Crippen LogP contribution is -2.28. The largest absolute Gasteiger partial charge is 0.380 e. The maximum Gasteiger partial charge on any atom is 0.167 e. The molecule has 2 aliphatic carbocycles. The Hall–Kier alpha value is -1.45. The fraction of sp³-hybridized carbons (Fsp3) is 0.381. The zero-order valence-corrected chi connectivity index (χ0v) is 15.8. The van der Waals surface area contributed by atoms with E-state index in [0.717, 1.165) is 28.4 Å². The lowest BCUT2D eigenvalue weighted by Gasteiger charge is -2.24. The highest BCUT2D eigenvalue weighted by Crippen LogP contribution is 2.46. The van der Waals surface area contributed by atoms with E-state index in [-0.39, 0.29) is 23.7 Å². The third-order valence-corrected chi connectivity index (χ3v) is 6.98. The van der Waals surface area contributed by atoms with Crippen molar-refractivity contribution in [3.8, 4) is 0 Å². The van der Waals surface area contributed by atoms with Gasteiger partial charge in [-0.25, -0.2) is 0 Å². The van der Waals surface area contributed by atoms with Gasteiger partial charge in [0.25, 0.3) is 0 Å². The van der Waals surface area contributed by atoms with Crippen LogP contribution in [-0.2, 0) is 17.6 Å². The van der Waals surface area contributed by atoms with E-state index >= 15 is 0 Å². The second kappa shape index (κ2) is 5.82. The van der Waals surface area contributed by atoms with Crippen LogP contribution in [0.2, 0.25) is 0 Å². The smallest absolute Gasteiger partial charge is 0.167 e. The number of halogens is 1. The Morgan fingerprint density at radius 1 is 1.12 bits per heavy atom. The van der Waals surface area contributed by atoms with Gasteiger partial charge >= 0.3 is 0 Å². The number of Topliss-reactive ketones (excluding diaryl/α,β-unsaturated/α-hetero) is 1. The highest BCUT2D eigenvalue weighted by Gasteiger charge is 2.45. The Morgan fingerprint density at radius 2 is 1.88 bits per heavy atom. The molecule has 0 amide bonds. The van der Waals surface area contributed by atoms with Gasteiger partial charge in [-0.2, -0.15) is 0 Å². The van der Waals surface area contributed by atoms with Gasteiger partial charge in [0, 0.05) is 29.0 Å².